The minimum Gasteiger partial charge on any atom is -0.480 e. The summed E-state index contributed by atoms with van der Waals surface area (Å²) in [4.78, 5) is 28.2. The van der Waals surface area contributed by atoms with Gasteiger partial charge in [-0.15, -0.1) is 11.3 Å². The quantitative estimate of drug-likeness (QED) is 0.574. The lowest BCUT2D eigenvalue weighted by atomic mass is 10.1. The second-order valence-corrected chi connectivity index (χ2v) is 7.79. The Balaban J connectivity index is 1.65. The molecule has 1 amide bonds. The highest BCUT2D eigenvalue weighted by atomic mass is 35.5. The van der Waals surface area contributed by atoms with Crippen molar-refractivity contribution < 1.29 is 14.7 Å². The number of rotatable bonds is 7. The van der Waals surface area contributed by atoms with Crippen molar-refractivity contribution in [3.05, 3.63) is 75.2 Å². The Kier molecular flexibility index (Phi) is 6.67. The Bertz CT molecular complexity index is 992. The molecule has 144 valence electrons. The molecule has 1 heterocycles. The summed E-state index contributed by atoms with van der Waals surface area (Å²) in [5.74, 6) is -1.48. The molecule has 1 atom stereocenters. The normalized spacial score (nSPS) is 11.8. The molecule has 0 aliphatic carbocycles. The van der Waals surface area contributed by atoms with Crippen LogP contribution in [0.3, 0.4) is 0 Å². The van der Waals surface area contributed by atoms with Crippen molar-refractivity contribution in [1.82, 2.24) is 10.3 Å². The van der Waals surface area contributed by atoms with Crippen LogP contribution in [0.1, 0.15) is 11.3 Å². The number of amides is 1. The zero-order chi connectivity index (χ0) is 20.1. The van der Waals surface area contributed by atoms with Crippen molar-refractivity contribution in [3.8, 4) is 10.6 Å². The number of carbonyl (C=O) groups excluding carboxylic acids is 1. The molecule has 0 saturated carbocycles. The van der Waals surface area contributed by atoms with Crippen LogP contribution in [0, 0.1) is 0 Å². The van der Waals surface area contributed by atoms with Gasteiger partial charge in [-0.05, 0) is 23.8 Å². The number of halogens is 2. The van der Waals surface area contributed by atoms with E-state index in [1.807, 2.05) is 30.3 Å². The molecule has 0 aliphatic heterocycles. The van der Waals surface area contributed by atoms with Gasteiger partial charge in [-0.2, -0.15) is 0 Å². The molecule has 0 aliphatic rings. The van der Waals surface area contributed by atoms with E-state index in [-0.39, 0.29) is 12.8 Å². The first kappa shape index (κ1) is 20.3. The summed E-state index contributed by atoms with van der Waals surface area (Å²) in [6, 6.07) is 13.3. The second-order valence-electron chi connectivity index (χ2n) is 6.09. The number of carboxylic acids is 1. The van der Waals surface area contributed by atoms with Gasteiger partial charge in [-0.3, -0.25) is 4.79 Å². The molecule has 2 N–H and O–H groups in total. The summed E-state index contributed by atoms with van der Waals surface area (Å²) >= 11 is 13.5. The molecule has 0 saturated heterocycles. The predicted molar refractivity (Wildman–Crippen MR) is 111 cm³/mol. The lowest BCUT2D eigenvalue weighted by molar-refractivity contribution is -0.141. The van der Waals surface area contributed by atoms with Crippen LogP contribution in [0.2, 0.25) is 10.0 Å². The summed E-state index contributed by atoms with van der Waals surface area (Å²) in [6.45, 7) is 0. The lowest BCUT2D eigenvalue weighted by Crippen LogP contribution is -2.43. The van der Waals surface area contributed by atoms with Gasteiger partial charge >= 0.3 is 5.97 Å². The number of aromatic nitrogens is 1. The van der Waals surface area contributed by atoms with E-state index >= 15 is 0 Å². The monoisotopic (exact) mass is 434 g/mol. The Labute approximate surface area is 176 Å². The number of aliphatic carboxylic acids is 1. The van der Waals surface area contributed by atoms with Crippen molar-refractivity contribution in [2.45, 2.75) is 18.9 Å². The Morgan fingerprint density at radius 2 is 1.89 bits per heavy atom. The highest BCUT2D eigenvalue weighted by Gasteiger charge is 2.21. The Morgan fingerprint density at radius 3 is 2.57 bits per heavy atom. The van der Waals surface area contributed by atoms with Gasteiger partial charge < -0.3 is 10.4 Å². The molecule has 1 unspecified atom stereocenters. The van der Waals surface area contributed by atoms with E-state index in [2.05, 4.69) is 10.3 Å². The third kappa shape index (κ3) is 5.32. The molecular weight excluding hydrogens is 419 g/mol. The zero-order valence-electron chi connectivity index (χ0n) is 14.6. The SMILES string of the molecule is O=C(Cc1csc(-c2ccc(Cl)cc2Cl)n1)NC(Cc1ccccc1)C(=O)O. The van der Waals surface area contributed by atoms with Gasteiger partial charge in [-0.1, -0.05) is 53.5 Å². The van der Waals surface area contributed by atoms with E-state index in [1.165, 1.54) is 11.3 Å². The molecule has 5 nitrogen and oxygen atoms in total. The smallest absolute Gasteiger partial charge is 0.326 e. The maximum atomic E-state index is 12.3. The van der Waals surface area contributed by atoms with Gasteiger partial charge in [0, 0.05) is 22.4 Å². The van der Waals surface area contributed by atoms with Crippen LogP contribution >= 0.6 is 34.5 Å². The number of carbonyl (C=O) groups is 2. The summed E-state index contributed by atoms with van der Waals surface area (Å²) in [6.07, 6.45) is 0.199. The average molecular weight is 435 g/mol. The third-order valence-corrected chi connectivity index (χ3v) is 5.44. The van der Waals surface area contributed by atoms with E-state index in [0.29, 0.717) is 20.7 Å². The number of carboxylic acid groups (broad SMARTS) is 1. The number of benzene rings is 2. The number of hydrogen-bond acceptors (Lipinski definition) is 4. The molecule has 0 radical (unpaired) electrons. The lowest BCUT2D eigenvalue weighted by Gasteiger charge is -2.14. The van der Waals surface area contributed by atoms with Crippen LogP contribution in [0.15, 0.2) is 53.9 Å². The molecule has 0 fully saturated rings. The van der Waals surface area contributed by atoms with E-state index in [0.717, 1.165) is 11.1 Å². The zero-order valence-corrected chi connectivity index (χ0v) is 16.9. The standard InChI is InChI=1S/C20H16Cl2N2O3S/c21-13-6-7-15(16(22)9-13)19-23-14(11-28-19)10-18(25)24-17(20(26)27)8-12-4-2-1-3-5-12/h1-7,9,11,17H,8,10H2,(H,24,25)(H,26,27). The fourth-order valence-electron chi connectivity index (χ4n) is 2.63. The van der Waals surface area contributed by atoms with Gasteiger partial charge in [0.25, 0.3) is 0 Å². The average Bonchev–Trinajstić information content (AvgIpc) is 3.10. The minimum absolute atomic E-state index is 0.0136. The molecule has 8 heteroatoms. The number of hydrogen-bond donors (Lipinski definition) is 2. The van der Waals surface area contributed by atoms with Crippen molar-refractivity contribution in [2.75, 3.05) is 0 Å². The maximum Gasteiger partial charge on any atom is 0.326 e. The summed E-state index contributed by atoms with van der Waals surface area (Å²) in [5.41, 5.74) is 2.12. The molecular formula is C20H16Cl2N2O3S. The van der Waals surface area contributed by atoms with Crippen LogP contribution < -0.4 is 5.32 Å². The summed E-state index contributed by atoms with van der Waals surface area (Å²) in [7, 11) is 0. The summed E-state index contributed by atoms with van der Waals surface area (Å²) in [5, 5.41) is 15.4. The molecule has 0 spiro atoms. The second kappa shape index (κ2) is 9.19. The Hall–Kier alpha value is -2.41. The highest BCUT2D eigenvalue weighted by molar-refractivity contribution is 7.13. The number of nitrogens with zero attached hydrogens (tertiary/aromatic N) is 1. The highest BCUT2D eigenvalue weighted by Crippen LogP contribution is 2.32. The first-order valence-corrected chi connectivity index (χ1v) is 10.0. The van der Waals surface area contributed by atoms with E-state index < -0.39 is 17.9 Å². The van der Waals surface area contributed by atoms with E-state index in [4.69, 9.17) is 23.2 Å². The molecule has 1 aromatic heterocycles. The predicted octanol–water partition coefficient (Wildman–Crippen LogP) is 4.47. The molecule has 3 aromatic rings. The molecule has 3 rings (SSSR count). The van der Waals surface area contributed by atoms with E-state index in [1.54, 1.807) is 23.6 Å². The number of nitrogens with one attached hydrogen (secondary N) is 1. The molecule has 28 heavy (non-hydrogen) atoms. The third-order valence-electron chi connectivity index (χ3n) is 3.97. The van der Waals surface area contributed by atoms with Gasteiger partial charge in [0.2, 0.25) is 5.91 Å². The first-order chi connectivity index (χ1) is 13.4. The fraction of sp³-hybridized carbons (Fsp3) is 0.150. The molecule has 2 aromatic carbocycles. The van der Waals surface area contributed by atoms with Gasteiger partial charge in [0.1, 0.15) is 11.0 Å². The van der Waals surface area contributed by atoms with Crippen LogP contribution in [0.5, 0.6) is 0 Å². The number of thiazole rings is 1. The van der Waals surface area contributed by atoms with Gasteiger partial charge in [0.15, 0.2) is 0 Å². The van der Waals surface area contributed by atoms with Crippen molar-refractivity contribution in [3.63, 3.8) is 0 Å². The maximum absolute atomic E-state index is 12.3. The van der Waals surface area contributed by atoms with Crippen molar-refractivity contribution in [1.29, 1.82) is 0 Å². The van der Waals surface area contributed by atoms with Crippen LogP contribution in [0.4, 0.5) is 0 Å². The first-order valence-electron chi connectivity index (χ1n) is 8.38. The van der Waals surface area contributed by atoms with Crippen LogP contribution in [-0.2, 0) is 22.4 Å². The summed E-state index contributed by atoms with van der Waals surface area (Å²) < 4.78 is 0. The van der Waals surface area contributed by atoms with Crippen molar-refractivity contribution >= 4 is 46.4 Å². The van der Waals surface area contributed by atoms with Gasteiger partial charge in [0.05, 0.1) is 17.1 Å². The van der Waals surface area contributed by atoms with Crippen LogP contribution in [-0.4, -0.2) is 28.0 Å². The fourth-order valence-corrected chi connectivity index (χ4v) is 4.05. The molecule has 0 bridgehead atoms. The van der Waals surface area contributed by atoms with E-state index in [9.17, 15) is 14.7 Å². The topological polar surface area (TPSA) is 79.3 Å². The minimum atomic E-state index is -1.08. The largest absolute Gasteiger partial charge is 0.480 e. The van der Waals surface area contributed by atoms with Crippen molar-refractivity contribution in [2.24, 2.45) is 0 Å². The van der Waals surface area contributed by atoms with Gasteiger partial charge in [-0.25, -0.2) is 9.78 Å². The van der Waals surface area contributed by atoms with Crippen LogP contribution in [0.25, 0.3) is 10.6 Å². The Morgan fingerprint density at radius 1 is 1.14 bits per heavy atom.